The molecule has 5 heteroatoms. The van der Waals surface area contributed by atoms with Crippen molar-refractivity contribution >= 4 is 23.3 Å². The Balaban J connectivity index is 2.09. The summed E-state index contributed by atoms with van der Waals surface area (Å²) in [7, 11) is 0. The van der Waals surface area contributed by atoms with Gasteiger partial charge in [0.1, 0.15) is 0 Å². The lowest BCUT2D eigenvalue weighted by molar-refractivity contribution is 0.776. The number of imidazole rings is 1. The number of fused-ring (bicyclic) bond motifs is 1. The van der Waals surface area contributed by atoms with Gasteiger partial charge in [-0.15, -0.1) is 0 Å². The molecule has 0 saturated heterocycles. The summed E-state index contributed by atoms with van der Waals surface area (Å²) in [6.07, 6.45) is 3.57. The minimum absolute atomic E-state index is 0.634. The fraction of sp³-hybridized carbons (Fsp3) is 0.214. The summed E-state index contributed by atoms with van der Waals surface area (Å²) in [6, 6.07) is 6.25. The molecule has 3 rings (SSSR count). The minimum Gasteiger partial charge on any atom is -0.331 e. The van der Waals surface area contributed by atoms with Crippen molar-refractivity contribution in [2.24, 2.45) is 0 Å². The van der Waals surface area contributed by atoms with Gasteiger partial charge in [0.2, 0.25) is 0 Å². The van der Waals surface area contributed by atoms with Crippen molar-refractivity contribution in [3.63, 3.8) is 0 Å². The molecule has 0 amide bonds. The Morgan fingerprint density at radius 2 is 2.05 bits per heavy atom. The van der Waals surface area contributed by atoms with Gasteiger partial charge in [0, 0.05) is 6.20 Å². The third-order valence-electron chi connectivity index (χ3n) is 3.09. The topological polar surface area (TPSA) is 46.5 Å². The number of hydrogen-bond acceptors (Lipinski definition) is 3. The van der Waals surface area contributed by atoms with E-state index in [0.717, 1.165) is 22.4 Å². The molecule has 0 unspecified atom stereocenters. The zero-order valence-corrected chi connectivity index (χ0v) is 11.7. The Hall–Kier alpha value is -2.01. The van der Waals surface area contributed by atoms with Gasteiger partial charge in [0.25, 0.3) is 0 Å². The molecule has 4 nitrogen and oxygen atoms in total. The van der Waals surface area contributed by atoms with Crippen molar-refractivity contribution in [2.75, 3.05) is 0 Å². The quantitative estimate of drug-likeness (QED) is 0.728. The first-order valence-electron chi connectivity index (χ1n) is 6.10. The average Bonchev–Trinajstić information content (AvgIpc) is 2.69. The number of aromatic amines is 1. The van der Waals surface area contributed by atoms with Gasteiger partial charge < -0.3 is 9.55 Å². The molecular weight excluding hydrogens is 256 g/mol. The summed E-state index contributed by atoms with van der Waals surface area (Å²) in [4.78, 5) is 11.9. The summed E-state index contributed by atoms with van der Waals surface area (Å²) in [5, 5.41) is 0. The van der Waals surface area contributed by atoms with Crippen molar-refractivity contribution in [2.45, 2.75) is 20.4 Å². The molecule has 0 bridgehead atoms. The van der Waals surface area contributed by atoms with E-state index in [1.807, 2.05) is 6.92 Å². The molecule has 1 N–H and O–H groups in total. The van der Waals surface area contributed by atoms with Gasteiger partial charge in [-0.2, -0.15) is 0 Å². The highest BCUT2D eigenvalue weighted by atomic mass is 32.1. The second-order valence-electron chi connectivity index (χ2n) is 4.69. The Kier molecular flexibility index (Phi) is 2.91. The number of hydrogen-bond donors (Lipinski definition) is 1. The monoisotopic (exact) mass is 270 g/mol. The van der Waals surface area contributed by atoms with Gasteiger partial charge in [-0.25, -0.2) is 0 Å². The fourth-order valence-electron chi connectivity index (χ4n) is 2.08. The second kappa shape index (κ2) is 4.59. The molecule has 2 heterocycles. The summed E-state index contributed by atoms with van der Waals surface area (Å²) in [5.74, 6) is 0. The van der Waals surface area contributed by atoms with Crippen molar-refractivity contribution in [3.05, 3.63) is 52.3 Å². The maximum absolute atomic E-state index is 5.38. The third-order valence-corrected chi connectivity index (χ3v) is 3.41. The van der Waals surface area contributed by atoms with Crippen LogP contribution in [0.3, 0.4) is 0 Å². The SMILES string of the molecule is Cc1ccc2[nH]c(=S)n(Cc3cnc(C)cn3)c2c1. The standard InChI is InChI=1S/C14H14N4S/c1-9-3-4-12-13(5-9)18(14(19)17-12)8-11-7-15-10(2)6-16-11/h3-7H,8H2,1-2H3,(H,17,19). The molecule has 96 valence electrons. The lowest BCUT2D eigenvalue weighted by Gasteiger charge is -2.04. The molecule has 2 aromatic heterocycles. The van der Waals surface area contributed by atoms with Crippen LogP contribution in [0, 0.1) is 18.6 Å². The molecule has 0 saturated carbocycles. The molecule has 0 atom stereocenters. The van der Waals surface area contributed by atoms with E-state index in [-0.39, 0.29) is 0 Å². The molecule has 0 fully saturated rings. The maximum Gasteiger partial charge on any atom is 0.178 e. The van der Waals surface area contributed by atoms with Gasteiger partial charge in [0.15, 0.2) is 4.77 Å². The van der Waals surface area contributed by atoms with Crippen LogP contribution in [-0.4, -0.2) is 19.5 Å². The Bertz CT molecular complexity index is 783. The molecule has 0 radical (unpaired) electrons. The van der Waals surface area contributed by atoms with Crippen LogP contribution >= 0.6 is 12.2 Å². The Labute approximate surface area is 116 Å². The van der Waals surface area contributed by atoms with Gasteiger partial charge in [-0.3, -0.25) is 9.97 Å². The van der Waals surface area contributed by atoms with Crippen LogP contribution < -0.4 is 0 Å². The second-order valence-corrected chi connectivity index (χ2v) is 5.07. The minimum atomic E-state index is 0.634. The highest BCUT2D eigenvalue weighted by Crippen LogP contribution is 2.17. The van der Waals surface area contributed by atoms with Crippen molar-refractivity contribution in [1.82, 2.24) is 19.5 Å². The molecule has 0 spiro atoms. The number of nitrogens with zero attached hydrogens (tertiary/aromatic N) is 3. The lowest BCUT2D eigenvalue weighted by Crippen LogP contribution is -2.02. The van der Waals surface area contributed by atoms with Crippen LogP contribution in [0.15, 0.2) is 30.6 Å². The van der Waals surface area contributed by atoms with Crippen LogP contribution in [0.25, 0.3) is 11.0 Å². The van der Waals surface area contributed by atoms with Crippen LogP contribution in [0.4, 0.5) is 0 Å². The van der Waals surface area contributed by atoms with E-state index in [4.69, 9.17) is 12.2 Å². The number of benzene rings is 1. The first-order valence-corrected chi connectivity index (χ1v) is 6.51. The number of aromatic nitrogens is 4. The zero-order valence-electron chi connectivity index (χ0n) is 10.8. The third kappa shape index (κ3) is 2.29. The molecule has 3 aromatic rings. The number of nitrogens with one attached hydrogen (secondary N) is 1. The first-order chi connectivity index (χ1) is 9.13. The zero-order chi connectivity index (χ0) is 13.4. The number of rotatable bonds is 2. The average molecular weight is 270 g/mol. The van der Waals surface area contributed by atoms with E-state index in [0.29, 0.717) is 11.3 Å². The molecule has 1 aromatic carbocycles. The van der Waals surface area contributed by atoms with Crippen molar-refractivity contribution in [1.29, 1.82) is 0 Å². The summed E-state index contributed by atoms with van der Waals surface area (Å²) in [5.41, 5.74) is 5.19. The van der Waals surface area contributed by atoms with E-state index in [9.17, 15) is 0 Å². The van der Waals surface area contributed by atoms with Gasteiger partial charge in [0.05, 0.1) is 35.2 Å². The molecule has 0 aliphatic rings. The number of H-pyrrole nitrogens is 1. The summed E-state index contributed by atoms with van der Waals surface area (Å²) in [6.45, 7) is 4.64. The predicted molar refractivity (Wildman–Crippen MR) is 77.7 cm³/mol. The van der Waals surface area contributed by atoms with E-state index >= 15 is 0 Å². The Morgan fingerprint density at radius 1 is 1.21 bits per heavy atom. The Morgan fingerprint density at radius 3 is 2.79 bits per heavy atom. The summed E-state index contributed by atoms with van der Waals surface area (Å²) < 4.78 is 2.76. The van der Waals surface area contributed by atoms with Crippen LogP contribution in [0.2, 0.25) is 0 Å². The van der Waals surface area contributed by atoms with Crippen molar-refractivity contribution < 1.29 is 0 Å². The van der Waals surface area contributed by atoms with Gasteiger partial charge in [-0.05, 0) is 43.8 Å². The van der Waals surface area contributed by atoms with E-state index in [1.54, 1.807) is 12.4 Å². The summed E-state index contributed by atoms with van der Waals surface area (Å²) >= 11 is 5.38. The van der Waals surface area contributed by atoms with Crippen LogP contribution in [-0.2, 0) is 6.54 Å². The normalized spacial score (nSPS) is 11.1. The largest absolute Gasteiger partial charge is 0.331 e. The van der Waals surface area contributed by atoms with Crippen molar-refractivity contribution in [3.8, 4) is 0 Å². The van der Waals surface area contributed by atoms with E-state index < -0.39 is 0 Å². The van der Waals surface area contributed by atoms with Crippen LogP contribution in [0.1, 0.15) is 17.0 Å². The van der Waals surface area contributed by atoms with Crippen LogP contribution in [0.5, 0.6) is 0 Å². The van der Waals surface area contributed by atoms with E-state index in [2.05, 4.69) is 44.6 Å². The van der Waals surface area contributed by atoms with Gasteiger partial charge in [-0.1, -0.05) is 6.07 Å². The molecular formula is C14H14N4S. The first kappa shape index (κ1) is 12.0. The lowest BCUT2D eigenvalue weighted by atomic mass is 10.2. The number of aryl methyl sites for hydroxylation is 2. The molecule has 0 aliphatic carbocycles. The smallest absolute Gasteiger partial charge is 0.178 e. The molecule has 0 aliphatic heterocycles. The highest BCUT2D eigenvalue weighted by molar-refractivity contribution is 7.71. The molecule has 19 heavy (non-hydrogen) atoms. The fourth-order valence-corrected chi connectivity index (χ4v) is 2.36. The highest BCUT2D eigenvalue weighted by Gasteiger charge is 2.06. The van der Waals surface area contributed by atoms with E-state index in [1.165, 1.54) is 5.56 Å². The maximum atomic E-state index is 5.38. The predicted octanol–water partition coefficient (Wildman–Crippen LogP) is 3.15. The van der Waals surface area contributed by atoms with Gasteiger partial charge >= 0.3 is 0 Å².